The van der Waals surface area contributed by atoms with E-state index in [0.29, 0.717) is 6.42 Å². The van der Waals surface area contributed by atoms with Crippen molar-refractivity contribution in [1.29, 1.82) is 0 Å². The highest BCUT2D eigenvalue weighted by Crippen LogP contribution is 2.35. The summed E-state index contributed by atoms with van der Waals surface area (Å²) in [4.78, 5) is 29.8. The molecule has 1 aromatic heterocycles. The predicted molar refractivity (Wildman–Crippen MR) is 131 cm³/mol. The van der Waals surface area contributed by atoms with Crippen molar-refractivity contribution in [3.8, 4) is 23.1 Å². The average molecular weight is 562 g/mol. The van der Waals surface area contributed by atoms with Gasteiger partial charge in [-0.05, 0) is 31.4 Å². The van der Waals surface area contributed by atoms with E-state index in [1.54, 1.807) is 18.2 Å². The van der Waals surface area contributed by atoms with Crippen LogP contribution in [0, 0.1) is 0 Å². The van der Waals surface area contributed by atoms with Crippen molar-refractivity contribution in [3.05, 3.63) is 34.4 Å². The molecule has 0 unspecified atom stereocenters. The Morgan fingerprint density at radius 2 is 1.74 bits per heavy atom. The molecular formula is C24H30F3N3O7S. The first-order valence-corrected chi connectivity index (χ1v) is 13.5. The summed E-state index contributed by atoms with van der Waals surface area (Å²) >= 11 is 0. The molecule has 1 aliphatic rings. The number of unbranched alkanes of at least 4 members (excludes halogenated alkanes) is 1. The lowest BCUT2D eigenvalue weighted by Gasteiger charge is -2.32. The molecule has 0 saturated carbocycles. The topological polar surface area (TPSA) is 128 Å². The maximum Gasteiger partial charge on any atom is 0.397 e. The number of nitrogens with zero attached hydrogens (tertiary/aromatic N) is 3. The fourth-order valence-corrected chi connectivity index (χ4v) is 6.24. The number of sulfone groups is 1. The van der Waals surface area contributed by atoms with Gasteiger partial charge in [0, 0.05) is 19.5 Å². The molecule has 2 heterocycles. The highest BCUT2D eigenvalue weighted by Gasteiger charge is 2.40. The number of carbonyl (C=O) groups is 1. The third kappa shape index (κ3) is 6.05. The molecule has 0 radical (unpaired) electrons. The van der Waals surface area contributed by atoms with Crippen LogP contribution >= 0.6 is 0 Å². The van der Waals surface area contributed by atoms with Crippen molar-refractivity contribution in [2.45, 2.75) is 61.8 Å². The summed E-state index contributed by atoms with van der Waals surface area (Å²) < 4.78 is 76.8. The first-order valence-electron chi connectivity index (χ1n) is 12.0. The standard InChI is InChI=1S/C24H30F3N3O7S/c1-4-5-9-18-28-22(32)21(23(33)30(18)20-16(36-2)7-6-8-17(20)37-3)38(34,35)15-10-12-29(13-11-15)19(31)14-24(25,26)27/h6-8,15,32H,4-5,9-14H2,1-3H3. The van der Waals surface area contributed by atoms with Gasteiger partial charge in [-0.25, -0.2) is 8.42 Å². The summed E-state index contributed by atoms with van der Waals surface area (Å²) in [6.45, 7) is 1.43. The Morgan fingerprint density at radius 3 is 2.24 bits per heavy atom. The van der Waals surface area contributed by atoms with E-state index in [9.17, 15) is 36.3 Å². The summed E-state index contributed by atoms with van der Waals surface area (Å²) in [6.07, 6.45) is -5.19. The van der Waals surface area contributed by atoms with Crippen molar-refractivity contribution < 1.29 is 41.0 Å². The number of carbonyl (C=O) groups excluding carboxylic acids is 1. The molecule has 210 valence electrons. The third-order valence-electron chi connectivity index (χ3n) is 6.34. The van der Waals surface area contributed by atoms with E-state index < -0.39 is 49.9 Å². The van der Waals surface area contributed by atoms with Crippen molar-refractivity contribution in [3.63, 3.8) is 0 Å². The maximum absolute atomic E-state index is 13.8. The van der Waals surface area contributed by atoms with Crippen LogP contribution in [-0.4, -0.2) is 72.6 Å². The molecule has 0 spiro atoms. The Balaban J connectivity index is 2.08. The number of aromatic hydroxyl groups is 1. The van der Waals surface area contributed by atoms with E-state index in [2.05, 4.69) is 4.98 Å². The van der Waals surface area contributed by atoms with Gasteiger partial charge in [-0.1, -0.05) is 19.4 Å². The molecule has 1 aromatic carbocycles. The Labute approximate surface area is 217 Å². The summed E-state index contributed by atoms with van der Waals surface area (Å²) in [5.74, 6) is -1.60. The highest BCUT2D eigenvalue weighted by molar-refractivity contribution is 7.92. The molecule has 1 N–H and O–H groups in total. The number of piperidine rings is 1. The highest BCUT2D eigenvalue weighted by atomic mass is 32.2. The summed E-state index contributed by atoms with van der Waals surface area (Å²) in [5.41, 5.74) is -0.938. The molecule has 2 aromatic rings. The second kappa shape index (κ2) is 11.6. The SMILES string of the molecule is CCCCc1nc(O)c(S(=O)(=O)C2CCN(C(=O)CC(F)(F)F)CC2)c(=O)n1-c1c(OC)cccc1OC. The number of aryl methyl sites for hydroxylation is 1. The molecule has 1 amide bonds. The van der Waals surface area contributed by atoms with Crippen molar-refractivity contribution >= 4 is 15.7 Å². The van der Waals surface area contributed by atoms with Crippen LogP contribution in [-0.2, 0) is 21.1 Å². The molecule has 1 saturated heterocycles. The van der Waals surface area contributed by atoms with Gasteiger partial charge in [0.2, 0.25) is 11.8 Å². The molecule has 3 rings (SSSR count). The number of methoxy groups -OCH3 is 2. The van der Waals surface area contributed by atoms with Crippen LogP contribution in [0.25, 0.3) is 5.69 Å². The first kappa shape index (κ1) is 29.3. The maximum atomic E-state index is 13.8. The number of ether oxygens (including phenoxy) is 2. The Hall–Kier alpha value is -3.29. The first-order chi connectivity index (χ1) is 17.8. The second-order valence-electron chi connectivity index (χ2n) is 8.85. The number of hydrogen-bond donors (Lipinski definition) is 1. The Bertz CT molecular complexity index is 1310. The average Bonchev–Trinajstić information content (AvgIpc) is 2.85. The third-order valence-corrected chi connectivity index (χ3v) is 8.62. The van der Waals surface area contributed by atoms with Crippen LogP contribution in [0.15, 0.2) is 27.9 Å². The molecular weight excluding hydrogens is 531 g/mol. The lowest BCUT2D eigenvalue weighted by molar-refractivity contribution is -0.161. The molecule has 0 aliphatic carbocycles. The van der Waals surface area contributed by atoms with E-state index in [1.807, 2.05) is 6.92 Å². The number of likely N-dealkylation sites (tertiary alicyclic amines) is 1. The molecule has 10 nitrogen and oxygen atoms in total. The summed E-state index contributed by atoms with van der Waals surface area (Å²) in [7, 11) is -1.76. The lowest BCUT2D eigenvalue weighted by atomic mass is 10.1. The van der Waals surface area contributed by atoms with Crippen molar-refractivity contribution in [1.82, 2.24) is 14.5 Å². The number of halogens is 3. The smallest absolute Gasteiger partial charge is 0.397 e. The predicted octanol–water partition coefficient (Wildman–Crippen LogP) is 3.02. The summed E-state index contributed by atoms with van der Waals surface area (Å²) in [6, 6.07) is 4.74. The number of aromatic nitrogens is 2. The van der Waals surface area contributed by atoms with Gasteiger partial charge in [0.1, 0.15) is 29.4 Å². The fourth-order valence-electron chi connectivity index (χ4n) is 4.44. The zero-order valence-electron chi connectivity index (χ0n) is 21.2. The van der Waals surface area contributed by atoms with Crippen LogP contribution in [0.5, 0.6) is 17.4 Å². The second-order valence-corrected chi connectivity index (χ2v) is 11.0. The van der Waals surface area contributed by atoms with Crippen molar-refractivity contribution in [2.75, 3.05) is 27.3 Å². The number of hydrogen-bond acceptors (Lipinski definition) is 8. The number of rotatable bonds is 9. The Kier molecular flexibility index (Phi) is 8.95. The van der Waals surface area contributed by atoms with Crippen LogP contribution < -0.4 is 15.0 Å². The minimum atomic E-state index is -4.68. The van der Waals surface area contributed by atoms with Gasteiger partial charge in [0.25, 0.3) is 5.56 Å². The molecule has 0 atom stereocenters. The number of para-hydroxylation sites is 1. The van der Waals surface area contributed by atoms with Gasteiger partial charge in [-0.2, -0.15) is 18.2 Å². The molecule has 38 heavy (non-hydrogen) atoms. The largest absolute Gasteiger partial charge is 0.494 e. The minimum absolute atomic E-state index is 0.101. The minimum Gasteiger partial charge on any atom is -0.494 e. The zero-order valence-corrected chi connectivity index (χ0v) is 22.1. The molecule has 0 bridgehead atoms. The lowest BCUT2D eigenvalue weighted by Crippen LogP contribution is -2.44. The van der Waals surface area contributed by atoms with Gasteiger partial charge in [0.15, 0.2) is 14.7 Å². The van der Waals surface area contributed by atoms with Gasteiger partial charge in [0.05, 0.1) is 19.5 Å². The van der Waals surface area contributed by atoms with E-state index >= 15 is 0 Å². The van der Waals surface area contributed by atoms with Crippen molar-refractivity contribution in [2.24, 2.45) is 0 Å². The molecule has 1 fully saturated rings. The van der Waals surface area contributed by atoms with Crippen LogP contribution in [0.4, 0.5) is 13.2 Å². The van der Waals surface area contributed by atoms with Crippen LogP contribution in [0.2, 0.25) is 0 Å². The quantitative estimate of drug-likeness (QED) is 0.495. The van der Waals surface area contributed by atoms with Gasteiger partial charge in [-0.15, -0.1) is 0 Å². The van der Waals surface area contributed by atoms with Gasteiger partial charge < -0.3 is 19.5 Å². The van der Waals surface area contributed by atoms with E-state index in [-0.39, 0.29) is 55.4 Å². The fraction of sp³-hybridized carbons (Fsp3) is 0.542. The van der Waals surface area contributed by atoms with Gasteiger partial charge >= 0.3 is 6.18 Å². The number of amides is 1. The molecule has 14 heteroatoms. The van der Waals surface area contributed by atoms with Gasteiger partial charge in [-0.3, -0.25) is 14.2 Å². The number of benzene rings is 1. The Morgan fingerprint density at radius 1 is 1.16 bits per heavy atom. The summed E-state index contributed by atoms with van der Waals surface area (Å²) in [5, 5.41) is 9.46. The zero-order chi connectivity index (χ0) is 28.3. The monoisotopic (exact) mass is 561 g/mol. The van der Waals surface area contributed by atoms with Crippen LogP contribution in [0.1, 0.15) is 44.9 Å². The normalized spacial score (nSPS) is 14.9. The number of alkyl halides is 3. The molecule has 1 aliphatic heterocycles. The van der Waals surface area contributed by atoms with E-state index in [1.165, 1.54) is 14.2 Å². The van der Waals surface area contributed by atoms with E-state index in [4.69, 9.17) is 9.47 Å². The van der Waals surface area contributed by atoms with E-state index in [0.717, 1.165) is 15.9 Å². The van der Waals surface area contributed by atoms with Crippen LogP contribution in [0.3, 0.4) is 0 Å².